The van der Waals surface area contributed by atoms with Crippen molar-refractivity contribution in [3.8, 4) is 0 Å². The molecule has 2 N–H and O–H groups in total. The van der Waals surface area contributed by atoms with Crippen molar-refractivity contribution < 1.29 is 9.47 Å². The SMILES string of the molecule is CCNC(=NCc1ccc(COCC)cc1)NCCCN1CCOCC1.I. The van der Waals surface area contributed by atoms with Crippen molar-refractivity contribution in [3.05, 3.63) is 35.4 Å². The minimum atomic E-state index is 0. The first-order chi connectivity index (χ1) is 12.8. The number of benzene rings is 1. The summed E-state index contributed by atoms with van der Waals surface area (Å²) in [4.78, 5) is 7.15. The molecule has 1 aliphatic rings. The third-order valence-electron chi connectivity index (χ3n) is 4.31. The topological polar surface area (TPSA) is 58.1 Å². The zero-order valence-electron chi connectivity index (χ0n) is 16.7. The first-order valence-electron chi connectivity index (χ1n) is 9.79. The summed E-state index contributed by atoms with van der Waals surface area (Å²) in [6.07, 6.45) is 1.11. The van der Waals surface area contributed by atoms with Gasteiger partial charge in [0.15, 0.2) is 5.96 Å². The number of nitrogens with zero attached hydrogens (tertiary/aromatic N) is 2. The summed E-state index contributed by atoms with van der Waals surface area (Å²) in [5.41, 5.74) is 2.41. The van der Waals surface area contributed by atoms with Crippen molar-refractivity contribution in [2.24, 2.45) is 4.99 Å². The van der Waals surface area contributed by atoms with Gasteiger partial charge in [-0.05, 0) is 37.9 Å². The van der Waals surface area contributed by atoms with Gasteiger partial charge in [0.25, 0.3) is 0 Å². The summed E-state index contributed by atoms with van der Waals surface area (Å²) in [5, 5.41) is 6.75. The largest absolute Gasteiger partial charge is 0.379 e. The van der Waals surface area contributed by atoms with Crippen molar-refractivity contribution in [1.82, 2.24) is 15.5 Å². The van der Waals surface area contributed by atoms with E-state index < -0.39 is 0 Å². The van der Waals surface area contributed by atoms with E-state index >= 15 is 0 Å². The molecular weight excluding hydrogens is 455 g/mol. The van der Waals surface area contributed by atoms with E-state index in [1.807, 2.05) is 6.92 Å². The maximum absolute atomic E-state index is 5.43. The lowest BCUT2D eigenvalue weighted by Gasteiger charge is -2.26. The molecule has 0 atom stereocenters. The highest BCUT2D eigenvalue weighted by molar-refractivity contribution is 14.0. The van der Waals surface area contributed by atoms with Crippen LogP contribution in [0.4, 0.5) is 0 Å². The van der Waals surface area contributed by atoms with E-state index in [4.69, 9.17) is 9.47 Å². The predicted octanol–water partition coefficient (Wildman–Crippen LogP) is 2.62. The Bertz CT molecular complexity index is 519. The van der Waals surface area contributed by atoms with Gasteiger partial charge in [0.05, 0.1) is 26.4 Å². The molecule has 1 aromatic rings. The van der Waals surface area contributed by atoms with E-state index in [9.17, 15) is 0 Å². The Morgan fingerprint density at radius 3 is 2.48 bits per heavy atom. The number of aliphatic imine (C=N–C) groups is 1. The van der Waals surface area contributed by atoms with Crippen LogP contribution in [-0.4, -0.2) is 63.4 Å². The van der Waals surface area contributed by atoms with Gasteiger partial charge in [-0.15, -0.1) is 24.0 Å². The van der Waals surface area contributed by atoms with E-state index in [0.717, 1.165) is 64.9 Å². The van der Waals surface area contributed by atoms with Gasteiger partial charge < -0.3 is 20.1 Å². The number of hydrogen-bond acceptors (Lipinski definition) is 4. The number of morpholine rings is 1. The highest BCUT2D eigenvalue weighted by atomic mass is 127. The molecule has 0 saturated carbocycles. The molecule has 0 radical (unpaired) electrons. The van der Waals surface area contributed by atoms with Gasteiger partial charge in [0, 0.05) is 32.8 Å². The second-order valence-corrected chi connectivity index (χ2v) is 6.38. The summed E-state index contributed by atoms with van der Waals surface area (Å²) >= 11 is 0. The van der Waals surface area contributed by atoms with Gasteiger partial charge in [-0.3, -0.25) is 4.90 Å². The summed E-state index contributed by atoms with van der Waals surface area (Å²) in [6, 6.07) is 8.48. The van der Waals surface area contributed by atoms with E-state index in [1.54, 1.807) is 0 Å². The van der Waals surface area contributed by atoms with Crippen LogP contribution in [-0.2, 0) is 22.6 Å². The number of ether oxygens (including phenoxy) is 2. The molecule has 2 rings (SSSR count). The average molecular weight is 490 g/mol. The molecule has 1 fully saturated rings. The van der Waals surface area contributed by atoms with Crippen LogP contribution in [0.2, 0.25) is 0 Å². The molecule has 6 nitrogen and oxygen atoms in total. The molecule has 0 amide bonds. The summed E-state index contributed by atoms with van der Waals surface area (Å²) in [6.45, 7) is 12.9. The average Bonchev–Trinajstić information content (AvgIpc) is 2.69. The normalized spacial score (nSPS) is 15.3. The smallest absolute Gasteiger partial charge is 0.191 e. The molecule has 154 valence electrons. The van der Waals surface area contributed by atoms with Crippen LogP contribution in [0.25, 0.3) is 0 Å². The zero-order chi connectivity index (χ0) is 18.5. The Labute approximate surface area is 181 Å². The number of rotatable bonds is 10. The molecule has 1 aromatic carbocycles. The van der Waals surface area contributed by atoms with Gasteiger partial charge in [-0.2, -0.15) is 0 Å². The maximum atomic E-state index is 5.43. The van der Waals surface area contributed by atoms with Crippen LogP contribution < -0.4 is 10.6 Å². The first kappa shape index (κ1) is 24.1. The Morgan fingerprint density at radius 1 is 1.11 bits per heavy atom. The Morgan fingerprint density at radius 2 is 1.81 bits per heavy atom. The molecule has 0 aromatic heterocycles. The van der Waals surface area contributed by atoms with Gasteiger partial charge >= 0.3 is 0 Å². The second-order valence-electron chi connectivity index (χ2n) is 6.38. The third-order valence-corrected chi connectivity index (χ3v) is 4.31. The lowest BCUT2D eigenvalue weighted by molar-refractivity contribution is 0.0376. The van der Waals surface area contributed by atoms with Crippen LogP contribution >= 0.6 is 24.0 Å². The Balaban J connectivity index is 0.00000364. The van der Waals surface area contributed by atoms with Crippen molar-refractivity contribution in [3.63, 3.8) is 0 Å². The highest BCUT2D eigenvalue weighted by Gasteiger charge is 2.09. The molecule has 0 bridgehead atoms. The minimum absolute atomic E-state index is 0. The fourth-order valence-corrected chi connectivity index (χ4v) is 2.81. The fraction of sp³-hybridized carbons (Fsp3) is 0.650. The molecule has 1 saturated heterocycles. The lowest BCUT2D eigenvalue weighted by Crippen LogP contribution is -2.40. The van der Waals surface area contributed by atoms with Crippen LogP contribution in [0.5, 0.6) is 0 Å². The van der Waals surface area contributed by atoms with Gasteiger partial charge in [0.2, 0.25) is 0 Å². The molecule has 0 unspecified atom stereocenters. The molecule has 27 heavy (non-hydrogen) atoms. The molecule has 1 aliphatic heterocycles. The minimum Gasteiger partial charge on any atom is -0.379 e. The van der Waals surface area contributed by atoms with Gasteiger partial charge in [0.1, 0.15) is 0 Å². The predicted molar refractivity (Wildman–Crippen MR) is 122 cm³/mol. The van der Waals surface area contributed by atoms with Crippen molar-refractivity contribution in [1.29, 1.82) is 0 Å². The first-order valence-corrected chi connectivity index (χ1v) is 9.79. The number of hydrogen-bond donors (Lipinski definition) is 2. The number of halogens is 1. The van der Waals surface area contributed by atoms with E-state index in [2.05, 4.69) is 51.7 Å². The van der Waals surface area contributed by atoms with E-state index in [0.29, 0.717) is 13.2 Å². The second kappa shape index (κ2) is 15.1. The Kier molecular flexibility index (Phi) is 13.5. The number of nitrogens with one attached hydrogen (secondary N) is 2. The molecule has 7 heteroatoms. The van der Waals surface area contributed by atoms with Crippen molar-refractivity contribution in [2.45, 2.75) is 33.4 Å². The molecule has 0 aliphatic carbocycles. The van der Waals surface area contributed by atoms with Gasteiger partial charge in [-0.1, -0.05) is 24.3 Å². The van der Waals surface area contributed by atoms with E-state index in [-0.39, 0.29) is 24.0 Å². The Hall–Kier alpha value is -0.900. The third kappa shape index (κ3) is 10.3. The summed E-state index contributed by atoms with van der Waals surface area (Å²) < 4.78 is 10.8. The summed E-state index contributed by atoms with van der Waals surface area (Å²) in [7, 11) is 0. The number of guanidine groups is 1. The van der Waals surface area contributed by atoms with E-state index in [1.165, 1.54) is 11.1 Å². The van der Waals surface area contributed by atoms with Crippen LogP contribution in [0.3, 0.4) is 0 Å². The zero-order valence-corrected chi connectivity index (χ0v) is 19.0. The van der Waals surface area contributed by atoms with Crippen LogP contribution in [0, 0.1) is 0 Å². The molecular formula is C20H35IN4O2. The maximum Gasteiger partial charge on any atom is 0.191 e. The monoisotopic (exact) mass is 490 g/mol. The fourth-order valence-electron chi connectivity index (χ4n) is 2.81. The van der Waals surface area contributed by atoms with Crippen molar-refractivity contribution >= 4 is 29.9 Å². The van der Waals surface area contributed by atoms with Gasteiger partial charge in [-0.25, -0.2) is 4.99 Å². The highest BCUT2D eigenvalue weighted by Crippen LogP contribution is 2.07. The van der Waals surface area contributed by atoms with Crippen molar-refractivity contribution in [2.75, 3.05) is 52.5 Å². The van der Waals surface area contributed by atoms with Crippen LogP contribution in [0.15, 0.2) is 29.3 Å². The standard InChI is InChI=1S/C20H34N4O2.HI/c1-3-21-20(22-10-5-11-24-12-14-26-15-13-24)23-16-18-6-8-19(9-7-18)17-25-4-2;/h6-9H,3-5,10-17H2,1-2H3,(H2,21,22,23);1H. The summed E-state index contributed by atoms with van der Waals surface area (Å²) in [5.74, 6) is 0.882. The molecule has 0 spiro atoms. The molecule has 1 heterocycles. The van der Waals surface area contributed by atoms with Crippen LogP contribution in [0.1, 0.15) is 31.4 Å². The quantitative estimate of drug-likeness (QED) is 0.229. The lowest BCUT2D eigenvalue weighted by atomic mass is 10.1.